The van der Waals surface area contributed by atoms with E-state index in [1.807, 2.05) is 18.3 Å². The fraction of sp³-hybridized carbons (Fsp3) is 0. The molecule has 0 unspecified atom stereocenters. The number of nitrogens with one attached hydrogen (secondary N) is 1. The van der Waals surface area contributed by atoms with E-state index in [0.717, 1.165) is 11.3 Å². The van der Waals surface area contributed by atoms with Gasteiger partial charge in [-0.3, -0.25) is 4.98 Å². The second-order valence-corrected chi connectivity index (χ2v) is 6.16. The van der Waals surface area contributed by atoms with Crippen molar-refractivity contribution in [1.29, 1.82) is 0 Å². The van der Waals surface area contributed by atoms with Crippen LogP contribution in [0.25, 0.3) is 44.2 Å². The van der Waals surface area contributed by atoms with Crippen molar-refractivity contribution in [3.63, 3.8) is 0 Å². The molecule has 5 rings (SSSR count). The van der Waals surface area contributed by atoms with Crippen molar-refractivity contribution < 1.29 is 0 Å². The highest BCUT2D eigenvalue weighted by atomic mass is 14.7. The second-order valence-electron chi connectivity index (χ2n) is 6.16. The van der Waals surface area contributed by atoms with Crippen LogP contribution in [-0.2, 0) is 0 Å². The first-order chi connectivity index (χ1) is 12.4. The molecule has 0 bridgehead atoms. The molecule has 2 heterocycles. The van der Waals surface area contributed by atoms with Gasteiger partial charge in [0, 0.05) is 33.6 Å². The zero-order chi connectivity index (χ0) is 16.6. The molecule has 0 aliphatic rings. The topological polar surface area (TPSA) is 28.7 Å². The number of aromatic nitrogens is 2. The monoisotopic (exact) mass is 320 g/mol. The lowest BCUT2D eigenvalue weighted by molar-refractivity contribution is 1.33. The lowest BCUT2D eigenvalue weighted by Gasteiger charge is -2.10. The van der Waals surface area contributed by atoms with Crippen LogP contribution in [0.2, 0.25) is 0 Å². The van der Waals surface area contributed by atoms with Gasteiger partial charge in [0.1, 0.15) is 0 Å². The van der Waals surface area contributed by atoms with Gasteiger partial charge >= 0.3 is 0 Å². The van der Waals surface area contributed by atoms with Crippen molar-refractivity contribution in [3.8, 4) is 22.4 Å². The van der Waals surface area contributed by atoms with Gasteiger partial charge in [-0.15, -0.1) is 0 Å². The number of H-pyrrole nitrogens is 1. The van der Waals surface area contributed by atoms with E-state index in [-0.39, 0.29) is 0 Å². The summed E-state index contributed by atoms with van der Waals surface area (Å²) in [6, 6.07) is 29.5. The van der Waals surface area contributed by atoms with Crippen LogP contribution in [0.3, 0.4) is 0 Å². The highest BCUT2D eigenvalue weighted by molar-refractivity contribution is 6.12. The maximum Gasteiger partial charge on any atom is 0.0708 e. The van der Waals surface area contributed by atoms with E-state index >= 15 is 0 Å². The summed E-state index contributed by atoms with van der Waals surface area (Å²) in [6.07, 6.45) is 1.84. The van der Waals surface area contributed by atoms with Crippen molar-refractivity contribution in [2.45, 2.75) is 0 Å². The Morgan fingerprint density at radius 1 is 0.560 bits per heavy atom. The van der Waals surface area contributed by atoms with Crippen LogP contribution < -0.4 is 0 Å². The average Bonchev–Trinajstić information content (AvgIpc) is 3.07. The Labute approximate surface area is 145 Å². The van der Waals surface area contributed by atoms with E-state index in [0.29, 0.717) is 0 Å². The lowest BCUT2D eigenvalue weighted by Crippen LogP contribution is -1.88. The number of rotatable bonds is 2. The summed E-state index contributed by atoms with van der Waals surface area (Å²) >= 11 is 0. The third-order valence-corrected chi connectivity index (χ3v) is 4.70. The zero-order valence-electron chi connectivity index (χ0n) is 13.6. The minimum atomic E-state index is 0.992. The molecule has 1 N–H and O–H groups in total. The Morgan fingerprint density at radius 2 is 1.28 bits per heavy atom. The lowest BCUT2D eigenvalue weighted by atomic mass is 9.95. The highest BCUT2D eigenvalue weighted by Crippen LogP contribution is 2.37. The summed E-state index contributed by atoms with van der Waals surface area (Å²) in [7, 11) is 0. The van der Waals surface area contributed by atoms with Crippen LogP contribution in [0.4, 0.5) is 0 Å². The zero-order valence-corrected chi connectivity index (χ0v) is 13.6. The minimum absolute atomic E-state index is 0.992. The molecule has 0 aliphatic carbocycles. The Bertz CT molecular complexity index is 1190. The van der Waals surface area contributed by atoms with Crippen LogP contribution in [0.5, 0.6) is 0 Å². The van der Waals surface area contributed by atoms with Gasteiger partial charge in [-0.05, 0) is 23.8 Å². The van der Waals surface area contributed by atoms with Gasteiger partial charge in [-0.2, -0.15) is 0 Å². The summed E-state index contributed by atoms with van der Waals surface area (Å²) in [5, 5.41) is 2.51. The first-order valence-electron chi connectivity index (χ1n) is 8.42. The molecular formula is C23H16N2. The van der Waals surface area contributed by atoms with Gasteiger partial charge in [0.05, 0.1) is 11.2 Å². The number of hydrogen-bond donors (Lipinski definition) is 1. The predicted molar refractivity (Wildman–Crippen MR) is 104 cm³/mol. The smallest absolute Gasteiger partial charge is 0.0708 e. The number of hydrogen-bond acceptors (Lipinski definition) is 1. The van der Waals surface area contributed by atoms with E-state index in [1.165, 1.54) is 32.9 Å². The Kier molecular flexibility index (Phi) is 3.14. The molecule has 0 amide bonds. The van der Waals surface area contributed by atoms with Crippen LogP contribution in [0.1, 0.15) is 0 Å². The van der Waals surface area contributed by atoms with Gasteiger partial charge < -0.3 is 4.98 Å². The maximum atomic E-state index is 4.55. The van der Waals surface area contributed by atoms with E-state index in [1.54, 1.807) is 0 Å². The molecule has 0 atom stereocenters. The van der Waals surface area contributed by atoms with Crippen molar-refractivity contribution >= 4 is 21.8 Å². The maximum absolute atomic E-state index is 4.55. The number of para-hydroxylation sites is 2. The first-order valence-corrected chi connectivity index (χ1v) is 8.42. The van der Waals surface area contributed by atoms with Gasteiger partial charge in [-0.1, -0.05) is 66.7 Å². The molecule has 0 aliphatic heterocycles. The van der Waals surface area contributed by atoms with Crippen molar-refractivity contribution in [2.24, 2.45) is 0 Å². The SMILES string of the molecule is c1ccc(-c2ccccc2-c2cccc3c2[nH]c2ccccc23)nc1. The molecule has 5 aromatic rings. The molecule has 0 fully saturated rings. The number of pyridine rings is 1. The predicted octanol–water partition coefficient (Wildman–Crippen LogP) is 6.05. The molecule has 0 spiro atoms. The molecule has 0 radical (unpaired) electrons. The van der Waals surface area contributed by atoms with Crippen LogP contribution in [0.15, 0.2) is 91.1 Å². The minimum Gasteiger partial charge on any atom is -0.354 e. The Balaban J connectivity index is 1.83. The van der Waals surface area contributed by atoms with Gasteiger partial charge in [-0.25, -0.2) is 0 Å². The fourth-order valence-electron chi connectivity index (χ4n) is 3.56. The number of nitrogens with zero attached hydrogens (tertiary/aromatic N) is 1. The van der Waals surface area contributed by atoms with Gasteiger partial charge in [0.2, 0.25) is 0 Å². The van der Waals surface area contributed by atoms with Crippen LogP contribution >= 0.6 is 0 Å². The van der Waals surface area contributed by atoms with Crippen molar-refractivity contribution in [3.05, 3.63) is 91.1 Å². The molecular weight excluding hydrogens is 304 g/mol. The first kappa shape index (κ1) is 14.0. The van der Waals surface area contributed by atoms with Crippen LogP contribution in [-0.4, -0.2) is 9.97 Å². The van der Waals surface area contributed by atoms with Gasteiger partial charge in [0.15, 0.2) is 0 Å². The van der Waals surface area contributed by atoms with E-state index < -0.39 is 0 Å². The Morgan fingerprint density at radius 3 is 2.16 bits per heavy atom. The molecule has 25 heavy (non-hydrogen) atoms. The molecule has 2 aromatic heterocycles. The largest absolute Gasteiger partial charge is 0.354 e. The second kappa shape index (κ2) is 5.60. The molecule has 2 heteroatoms. The summed E-state index contributed by atoms with van der Waals surface area (Å²) in [6.45, 7) is 0. The molecule has 0 saturated heterocycles. The molecule has 118 valence electrons. The molecule has 0 saturated carbocycles. The number of fused-ring (bicyclic) bond motifs is 3. The summed E-state index contributed by atoms with van der Waals surface area (Å²) in [4.78, 5) is 8.15. The third-order valence-electron chi connectivity index (χ3n) is 4.70. The highest BCUT2D eigenvalue weighted by Gasteiger charge is 2.13. The quantitative estimate of drug-likeness (QED) is 0.421. The van der Waals surface area contributed by atoms with Crippen molar-refractivity contribution in [2.75, 3.05) is 0 Å². The molecule has 3 aromatic carbocycles. The van der Waals surface area contributed by atoms with Gasteiger partial charge in [0.25, 0.3) is 0 Å². The van der Waals surface area contributed by atoms with Crippen LogP contribution in [0, 0.1) is 0 Å². The molecule has 2 nitrogen and oxygen atoms in total. The third kappa shape index (κ3) is 2.23. The summed E-state index contributed by atoms with van der Waals surface area (Å²) in [5.41, 5.74) is 6.88. The standard InChI is InChI=1S/C23H16N2/c1-2-9-17(21-13-5-6-15-24-21)16(8-1)19-11-7-12-20-18-10-3-4-14-22(18)25-23(19)20/h1-15,25H. The summed E-state index contributed by atoms with van der Waals surface area (Å²) < 4.78 is 0. The fourth-order valence-corrected chi connectivity index (χ4v) is 3.56. The Hall–Kier alpha value is -3.39. The summed E-state index contributed by atoms with van der Waals surface area (Å²) in [5.74, 6) is 0. The number of aromatic amines is 1. The average molecular weight is 320 g/mol. The van der Waals surface area contributed by atoms with E-state index in [4.69, 9.17) is 0 Å². The number of benzene rings is 3. The van der Waals surface area contributed by atoms with E-state index in [2.05, 4.69) is 82.8 Å². The normalized spacial score (nSPS) is 11.2. The van der Waals surface area contributed by atoms with E-state index in [9.17, 15) is 0 Å². The van der Waals surface area contributed by atoms with Crippen molar-refractivity contribution in [1.82, 2.24) is 9.97 Å².